The van der Waals surface area contributed by atoms with Crippen molar-refractivity contribution in [3.8, 4) is 34.2 Å². The number of nitrogens with one attached hydrogen (secondary N) is 1. The summed E-state index contributed by atoms with van der Waals surface area (Å²) in [6.07, 6.45) is 0. The van der Waals surface area contributed by atoms with E-state index in [1.807, 2.05) is 55.5 Å². The molecule has 1 N–H and O–H groups in total. The lowest BCUT2D eigenvalue weighted by molar-refractivity contribution is 0.432. The zero-order valence-electron chi connectivity index (χ0n) is 15.6. The molecule has 5 nitrogen and oxygen atoms in total. The van der Waals surface area contributed by atoms with Crippen LogP contribution in [-0.2, 0) is 0 Å². The molecule has 5 rings (SSSR count). The van der Waals surface area contributed by atoms with Crippen LogP contribution in [-0.4, -0.2) is 20.1 Å². The number of rotatable bonds is 3. The molecule has 0 saturated carbocycles. The highest BCUT2D eigenvalue weighted by Gasteiger charge is 2.11. The highest BCUT2D eigenvalue weighted by Crippen LogP contribution is 2.26. The third-order valence-corrected chi connectivity index (χ3v) is 4.78. The fourth-order valence-corrected chi connectivity index (χ4v) is 3.18. The van der Waals surface area contributed by atoms with Gasteiger partial charge in [0.25, 0.3) is 5.89 Å². The van der Waals surface area contributed by atoms with Gasteiger partial charge in [-0.2, -0.15) is 4.98 Å². The fraction of sp³-hybridized carbons (Fsp3) is 0.0870. The minimum absolute atomic E-state index is 0.520. The van der Waals surface area contributed by atoms with Gasteiger partial charge in [-0.1, -0.05) is 53.2 Å². The van der Waals surface area contributed by atoms with Crippen LogP contribution in [0.4, 0.5) is 0 Å². The summed E-state index contributed by atoms with van der Waals surface area (Å²) in [6, 6.07) is 22.2. The highest BCUT2D eigenvalue weighted by atomic mass is 16.5. The lowest BCUT2D eigenvalue weighted by Crippen LogP contribution is -1.84. The van der Waals surface area contributed by atoms with E-state index in [9.17, 15) is 0 Å². The molecule has 2 heterocycles. The Balaban J connectivity index is 1.44. The van der Waals surface area contributed by atoms with Crippen LogP contribution in [0, 0.1) is 13.8 Å². The third-order valence-electron chi connectivity index (χ3n) is 4.78. The number of hydrogen-bond acceptors (Lipinski definition) is 4. The van der Waals surface area contributed by atoms with E-state index in [4.69, 9.17) is 9.51 Å². The Morgan fingerprint density at radius 2 is 1.39 bits per heavy atom. The minimum Gasteiger partial charge on any atom is -0.338 e. The monoisotopic (exact) mass is 366 g/mol. The Kier molecular flexibility index (Phi) is 3.79. The molecule has 0 atom stereocenters. The molecular formula is C23H18N4O. The van der Waals surface area contributed by atoms with Crippen molar-refractivity contribution >= 4 is 11.0 Å². The number of aryl methyl sites for hydroxylation is 2. The molecule has 0 aliphatic rings. The summed E-state index contributed by atoms with van der Waals surface area (Å²) in [6.45, 7) is 4.12. The van der Waals surface area contributed by atoms with Crippen LogP contribution in [0.3, 0.4) is 0 Å². The Morgan fingerprint density at radius 1 is 0.714 bits per heavy atom. The van der Waals surface area contributed by atoms with Crippen molar-refractivity contribution in [1.29, 1.82) is 0 Å². The van der Waals surface area contributed by atoms with Gasteiger partial charge < -0.3 is 9.51 Å². The predicted octanol–water partition coefficient (Wildman–Crippen LogP) is 5.56. The zero-order chi connectivity index (χ0) is 19.1. The van der Waals surface area contributed by atoms with Crippen molar-refractivity contribution in [3.05, 3.63) is 77.9 Å². The molecule has 5 aromatic rings. The maximum Gasteiger partial charge on any atom is 0.258 e. The maximum absolute atomic E-state index is 5.43. The van der Waals surface area contributed by atoms with Crippen molar-refractivity contribution in [3.63, 3.8) is 0 Å². The second-order valence-corrected chi connectivity index (χ2v) is 6.97. The van der Waals surface area contributed by atoms with Crippen LogP contribution in [0.15, 0.2) is 71.3 Å². The van der Waals surface area contributed by atoms with Gasteiger partial charge in [-0.15, -0.1) is 0 Å². The van der Waals surface area contributed by atoms with E-state index in [1.54, 1.807) is 0 Å². The van der Waals surface area contributed by atoms with Gasteiger partial charge in [0.05, 0.1) is 11.0 Å². The van der Waals surface area contributed by atoms with E-state index in [2.05, 4.69) is 40.2 Å². The second kappa shape index (κ2) is 6.46. The molecule has 136 valence electrons. The molecule has 0 aliphatic carbocycles. The molecule has 28 heavy (non-hydrogen) atoms. The fourth-order valence-electron chi connectivity index (χ4n) is 3.18. The van der Waals surface area contributed by atoms with Gasteiger partial charge in [0.1, 0.15) is 5.82 Å². The van der Waals surface area contributed by atoms with E-state index in [-0.39, 0.29) is 0 Å². The molecule has 3 aromatic carbocycles. The Morgan fingerprint density at radius 3 is 2.18 bits per heavy atom. The van der Waals surface area contributed by atoms with Gasteiger partial charge in [0.2, 0.25) is 5.82 Å². The standard InChI is InChI=1S/C23H18N4O/c1-14-3-6-18(7-4-14)23-26-22(27-28-23)17-10-8-16(9-11-17)21-24-19-12-5-15(2)13-20(19)25-21/h3-13H,1-2H3,(H,24,25). The van der Waals surface area contributed by atoms with E-state index in [0.29, 0.717) is 11.7 Å². The van der Waals surface area contributed by atoms with E-state index in [0.717, 1.165) is 33.5 Å². The van der Waals surface area contributed by atoms with Crippen LogP contribution in [0.1, 0.15) is 11.1 Å². The first-order valence-corrected chi connectivity index (χ1v) is 9.14. The van der Waals surface area contributed by atoms with Gasteiger partial charge in [0.15, 0.2) is 0 Å². The van der Waals surface area contributed by atoms with Crippen LogP contribution in [0.5, 0.6) is 0 Å². The predicted molar refractivity (Wildman–Crippen MR) is 110 cm³/mol. The molecule has 0 amide bonds. The summed E-state index contributed by atoms with van der Waals surface area (Å²) in [5.41, 5.74) is 7.23. The number of fused-ring (bicyclic) bond motifs is 1. The van der Waals surface area contributed by atoms with Crippen LogP contribution < -0.4 is 0 Å². The smallest absolute Gasteiger partial charge is 0.258 e. The highest BCUT2D eigenvalue weighted by molar-refractivity contribution is 5.80. The number of hydrogen-bond donors (Lipinski definition) is 1. The molecule has 0 bridgehead atoms. The summed E-state index contributed by atoms with van der Waals surface area (Å²) in [4.78, 5) is 12.6. The largest absolute Gasteiger partial charge is 0.338 e. The summed E-state index contributed by atoms with van der Waals surface area (Å²) in [7, 11) is 0. The van der Waals surface area contributed by atoms with Gasteiger partial charge in [-0.3, -0.25) is 0 Å². The molecule has 2 aromatic heterocycles. The molecule has 0 saturated heterocycles. The third kappa shape index (κ3) is 2.97. The van der Waals surface area contributed by atoms with E-state index in [1.165, 1.54) is 11.1 Å². The van der Waals surface area contributed by atoms with Crippen molar-refractivity contribution in [2.75, 3.05) is 0 Å². The Hall–Kier alpha value is -3.73. The average molecular weight is 366 g/mol. The first-order valence-electron chi connectivity index (χ1n) is 9.14. The molecule has 0 spiro atoms. The normalized spacial score (nSPS) is 11.2. The lowest BCUT2D eigenvalue weighted by Gasteiger charge is -1.98. The molecule has 0 aliphatic heterocycles. The molecule has 0 fully saturated rings. The Bertz CT molecular complexity index is 1260. The first kappa shape index (κ1) is 16.4. The number of imidazole rings is 1. The lowest BCUT2D eigenvalue weighted by atomic mass is 10.1. The summed E-state index contributed by atoms with van der Waals surface area (Å²) >= 11 is 0. The maximum atomic E-state index is 5.43. The van der Waals surface area contributed by atoms with E-state index >= 15 is 0 Å². The van der Waals surface area contributed by atoms with Crippen LogP contribution in [0.2, 0.25) is 0 Å². The summed E-state index contributed by atoms with van der Waals surface area (Å²) in [5.74, 6) is 1.94. The van der Waals surface area contributed by atoms with Crippen molar-refractivity contribution in [2.45, 2.75) is 13.8 Å². The second-order valence-electron chi connectivity index (χ2n) is 6.97. The number of nitrogens with zero attached hydrogens (tertiary/aromatic N) is 3. The van der Waals surface area contributed by atoms with E-state index < -0.39 is 0 Å². The quantitative estimate of drug-likeness (QED) is 0.454. The topological polar surface area (TPSA) is 67.6 Å². The van der Waals surface area contributed by atoms with Gasteiger partial charge in [-0.05, 0) is 43.7 Å². The minimum atomic E-state index is 0.520. The molecule has 0 unspecified atom stereocenters. The summed E-state index contributed by atoms with van der Waals surface area (Å²) < 4.78 is 5.43. The number of aromatic nitrogens is 4. The SMILES string of the molecule is Cc1ccc(-c2nc(-c3ccc(-c4nc5cc(C)ccc5[nH]4)cc3)no2)cc1. The van der Waals surface area contributed by atoms with Crippen molar-refractivity contribution < 1.29 is 4.52 Å². The molecular weight excluding hydrogens is 348 g/mol. The first-order chi connectivity index (χ1) is 13.7. The zero-order valence-corrected chi connectivity index (χ0v) is 15.6. The van der Waals surface area contributed by atoms with Gasteiger partial charge in [0, 0.05) is 16.7 Å². The van der Waals surface area contributed by atoms with Gasteiger partial charge >= 0.3 is 0 Å². The number of benzene rings is 3. The van der Waals surface area contributed by atoms with Gasteiger partial charge in [-0.25, -0.2) is 4.98 Å². The van der Waals surface area contributed by atoms with Crippen molar-refractivity contribution in [2.24, 2.45) is 0 Å². The Labute approximate surface area is 162 Å². The molecule has 5 heteroatoms. The van der Waals surface area contributed by atoms with Crippen LogP contribution >= 0.6 is 0 Å². The van der Waals surface area contributed by atoms with Crippen molar-refractivity contribution in [1.82, 2.24) is 20.1 Å². The summed E-state index contributed by atoms with van der Waals surface area (Å²) in [5, 5.41) is 4.12. The van der Waals surface area contributed by atoms with Crippen LogP contribution in [0.25, 0.3) is 45.3 Å². The average Bonchev–Trinajstić information content (AvgIpc) is 3.36. The number of aromatic amines is 1. The molecule has 0 radical (unpaired) electrons. The number of H-pyrrole nitrogens is 1.